The van der Waals surface area contributed by atoms with E-state index in [1.54, 1.807) is 4.72 Å². The number of hydrogen-bond donors (Lipinski definition) is 3. The zero-order valence-corrected chi connectivity index (χ0v) is 14.7. The maximum atomic E-state index is 13.7. The Morgan fingerprint density at radius 1 is 0.963 bits per heavy atom. The summed E-state index contributed by atoms with van der Waals surface area (Å²) in [4.78, 5) is 15.5. The Bertz CT molecular complexity index is 1040. The molecule has 0 atom stereocenters. The first-order valence-electron chi connectivity index (χ1n) is 6.64. The van der Waals surface area contributed by atoms with Gasteiger partial charge in [-0.25, -0.2) is 34.9 Å². The number of sulfonamides is 1. The molecule has 3 N–H and O–H groups in total. The van der Waals surface area contributed by atoms with E-state index in [0.29, 0.717) is 0 Å². The van der Waals surface area contributed by atoms with E-state index in [1.165, 1.54) is 6.92 Å². The molecule has 0 saturated carbocycles. The van der Waals surface area contributed by atoms with E-state index < -0.39 is 63.3 Å². The van der Waals surface area contributed by atoms with Gasteiger partial charge in [0, 0.05) is 6.07 Å². The number of phosphoric acid groups is 1. The molecule has 0 unspecified atom stereocenters. The maximum absolute atomic E-state index is 13.7. The summed E-state index contributed by atoms with van der Waals surface area (Å²) in [7, 11) is -10.3. The van der Waals surface area contributed by atoms with Crippen molar-refractivity contribution in [3.63, 3.8) is 0 Å². The van der Waals surface area contributed by atoms with E-state index in [4.69, 9.17) is 9.79 Å². The van der Waals surface area contributed by atoms with Gasteiger partial charge in [-0.15, -0.1) is 0 Å². The number of benzene rings is 2. The molecule has 14 heteroatoms. The minimum atomic E-state index is -5.31. The monoisotopic (exact) mass is 433 g/mol. The minimum Gasteiger partial charge on any atom is -0.404 e. The summed E-state index contributed by atoms with van der Waals surface area (Å²) < 4.78 is 108. The highest BCUT2D eigenvalue weighted by Gasteiger charge is 2.33. The molecule has 27 heavy (non-hydrogen) atoms. The molecule has 0 aliphatic rings. The lowest BCUT2D eigenvalue weighted by Crippen LogP contribution is -2.19. The first kappa shape index (κ1) is 21.1. The second-order valence-corrected chi connectivity index (χ2v) is 7.85. The van der Waals surface area contributed by atoms with Crippen LogP contribution in [0.2, 0.25) is 0 Å². The third kappa shape index (κ3) is 4.38. The normalized spacial score (nSPS) is 12.1. The molecular weight excluding hydrogens is 424 g/mol. The molecule has 0 saturated heterocycles. The van der Waals surface area contributed by atoms with Crippen LogP contribution >= 0.6 is 7.82 Å². The number of aryl methyl sites for hydroxylation is 1. The van der Waals surface area contributed by atoms with Gasteiger partial charge in [0.25, 0.3) is 10.0 Å². The SMILES string of the molecule is Cc1ccc(NS(=O)(=O)c2c(F)c(F)c(F)c(F)c2F)cc1OP(=O)(O)O. The van der Waals surface area contributed by atoms with Crippen LogP contribution in [0.25, 0.3) is 0 Å². The predicted octanol–water partition coefficient (Wildman–Crippen LogP) is 2.96. The van der Waals surface area contributed by atoms with Gasteiger partial charge in [0.15, 0.2) is 28.2 Å². The Hall–Kier alpha value is -2.21. The molecule has 0 spiro atoms. The van der Waals surface area contributed by atoms with Gasteiger partial charge in [-0.1, -0.05) is 6.07 Å². The second kappa shape index (κ2) is 7.08. The molecule has 0 amide bonds. The summed E-state index contributed by atoms with van der Waals surface area (Å²) in [6.07, 6.45) is 0. The largest absolute Gasteiger partial charge is 0.524 e. The Balaban J connectivity index is 2.53. The molecule has 0 aromatic heterocycles. The number of phosphoric ester groups is 1. The van der Waals surface area contributed by atoms with E-state index in [2.05, 4.69) is 4.52 Å². The van der Waals surface area contributed by atoms with Crippen LogP contribution in [0.3, 0.4) is 0 Å². The van der Waals surface area contributed by atoms with Crippen molar-refractivity contribution in [1.29, 1.82) is 0 Å². The zero-order chi connectivity index (χ0) is 20.7. The molecular formula is C13H9F5NO6PS. The predicted molar refractivity (Wildman–Crippen MR) is 80.9 cm³/mol. The molecule has 0 bridgehead atoms. The zero-order valence-electron chi connectivity index (χ0n) is 13.0. The van der Waals surface area contributed by atoms with Crippen molar-refractivity contribution in [3.05, 3.63) is 52.8 Å². The van der Waals surface area contributed by atoms with Crippen LogP contribution < -0.4 is 9.25 Å². The molecule has 148 valence electrons. The average Bonchev–Trinajstić information content (AvgIpc) is 2.52. The summed E-state index contributed by atoms with van der Waals surface area (Å²) >= 11 is 0. The van der Waals surface area contributed by atoms with Crippen LogP contribution in [-0.2, 0) is 14.6 Å². The van der Waals surface area contributed by atoms with E-state index in [-0.39, 0.29) is 5.56 Å². The first-order valence-corrected chi connectivity index (χ1v) is 9.66. The highest BCUT2D eigenvalue weighted by molar-refractivity contribution is 7.92. The standard InChI is InChI=1S/C13H9F5NO6PS/c1-5-2-3-6(4-7(5)25-26(20,21)22)19-27(23,24)13-11(17)9(15)8(14)10(16)12(13)18/h2-4,19H,1H3,(H2,20,21,22). The lowest BCUT2D eigenvalue weighted by Gasteiger charge is -2.14. The van der Waals surface area contributed by atoms with Crippen molar-refractivity contribution in [3.8, 4) is 5.75 Å². The quantitative estimate of drug-likeness (QED) is 0.289. The van der Waals surface area contributed by atoms with Gasteiger partial charge in [-0.2, -0.15) is 0 Å². The number of halogens is 5. The third-order valence-corrected chi connectivity index (χ3v) is 4.93. The van der Waals surface area contributed by atoms with Crippen molar-refractivity contribution in [2.75, 3.05) is 4.72 Å². The van der Waals surface area contributed by atoms with Gasteiger partial charge in [-0.3, -0.25) is 14.5 Å². The van der Waals surface area contributed by atoms with Gasteiger partial charge in [0.1, 0.15) is 5.75 Å². The molecule has 0 heterocycles. The summed E-state index contributed by atoms with van der Waals surface area (Å²) in [6.45, 7) is 1.34. The number of hydrogen-bond acceptors (Lipinski definition) is 4. The number of anilines is 1. The van der Waals surface area contributed by atoms with Gasteiger partial charge >= 0.3 is 7.82 Å². The van der Waals surface area contributed by atoms with Crippen molar-refractivity contribution < 1.29 is 49.2 Å². The van der Waals surface area contributed by atoms with Crippen molar-refractivity contribution >= 4 is 23.5 Å². The number of rotatable bonds is 5. The van der Waals surface area contributed by atoms with Crippen LogP contribution in [0, 0.1) is 36.0 Å². The van der Waals surface area contributed by atoms with E-state index in [1.807, 2.05) is 0 Å². The fourth-order valence-electron chi connectivity index (χ4n) is 1.92. The highest BCUT2D eigenvalue weighted by atomic mass is 32.2. The Morgan fingerprint density at radius 3 is 1.93 bits per heavy atom. The van der Waals surface area contributed by atoms with Crippen LogP contribution in [0.15, 0.2) is 23.1 Å². The molecule has 0 fully saturated rings. The van der Waals surface area contributed by atoms with Crippen molar-refractivity contribution in [2.45, 2.75) is 11.8 Å². The Kier molecular flexibility index (Phi) is 5.53. The summed E-state index contributed by atoms with van der Waals surface area (Å²) in [5.41, 5.74) is -0.370. The van der Waals surface area contributed by atoms with Gasteiger partial charge in [0.05, 0.1) is 5.69 Å². The van der Waals surface area contributed by atoms with Gasteiger partial charge in [-0.05, 0) is 18.6 Å². The second-order valence-electron chi connectivity index (χ2n) is 5.07. The van der Waals surface area contributed by atoms with E-state index >= 15 is 0 Å². The minimum absolute atomic E-state index is 0.150. The topological polar surface area (TPSA) is 113 Å². The molecule has 0 radical (unpaired) electrons. The van der Waals surface area contributed by atoms with E-state index in [9.17, 15) is 34.9 Å². The summed E-state index contributed by atoms with van der Waals surface area (Å²) in [5.74, 6) is -13.1. The van der Waals surface area contributed by atoms with Crippen LogP contribution in [0.1, 0.15) is 5.56 Å². The maximum Gasteiger partial charge on any atom is 0.524 e. The van der Waals surface area contributed by atoms with E-state index in [0.717, 1.165) is 18.2 Å². The molecule has 0 aliphatic heterocycles. The number of nitrogens with one attached hydrogen (secondary N) is 1. The lowest BCUT2D eigenvalue weighted by atomic mass is 10.2. The van der Waals surface area contributed by atoms with Crippen molar-refractivity contribution in [2.24, 2.45) is 0 Å². The van der Waals surface area contributed by atoms with Gasteiger partial charge in [0.2, 0.25) is 5.82 Å². The van der Waals surface area contributed by atoms with Crippen LogP contribution in [0.5, 0.6) is 5.75 Å². The summed E-state index contributed by atoms with van der Waals surface area (Å²) in [6, 6.07) is 2.88. The highest BCUT2D eigenvalue weighted by Crippen LogP contribution is 2.40. The van der Waals surface area contributed by atoms with Crippen LogP contribution in [0.4, 0.5) is 27.6 Å². The summed E-state index contributed by atoms with van der Waals surface area (Å²) in [5, 5.41) is 0. The first-order chi connectivity index (χ1) is 12.2. The van der Waals surface area contributed by atoms with Crippen LogP contribution in [-0.4, -0.2) is 18.2 Å². The molecule has 2 aromatic carbocycles. The molecule has 2 rings (SSSR count). The average molecular weight is 433 g/mol. The smallest absolute Gasteiger partial charge is 0.404 e. The fraction of sp³-hybridized carbons (Fsp3) is 0.0769. The fourth-order valence-corrected chi connectivity index (χ4v) is 3.56. The Morgan fingerprint density at radius 2 is 1.44 bits per heavy atom. The molecule has 0 aliphatic carbocycles. The van der Waals surface area contributed by atoms with Crippen molar-refractivity contribution in [1.82, 2.24) is 0 Å². The Labute approximate surface area is 148 Å². The third-order valence-electron chi connectivity index (χ3n) is 3.10. The lowest BCUT2D eigenvalue weighted by molar-refractivity contribution is 0.282. The molecule has 7 nitrogen and oxygen atoms in total. The molecule has 2 aromatic rings. The van der Waals surface area contributed by atoms with Gasteiger partial charge < -0.3 is 4.52 Å².